The summed E-state index contributed by atoms with van der Waals surface area (Å²) in [5.41, 5.74) is 0.270. The second kappa shape index (κ2) is 6.99. The molecule has 0 spiro atoms. The van der Waals surface area contributed by atoms with Crippen molar-refractivity contribution in [1.29, 1.82) is 0 Å². The summed E-state index contributed by atoms with van der Waals surface area (Å²) in [5.74, 6) is 0.0343. The van der Waals surface area contributed by atoms with Gasteiger partial charge >= 0.3 is 0 Å². The molecule has 0 amide bonds. The van der Waals surface area contributed by atoms with Crippen LogP contribution in [-0.4, -0.2) is 30.9 Å². The van der Waals surface area contributed by atoms with E-state index in [1.165, 1.54) is 6.07 Å². The lowest BCUT2D eigenvalue weighted by Crippen LogP contribution is -2.00. The zero-order valence-corrected chi connectivity index (χ0v) is 16.2. The standard InChI is InChI=1S/C18H15NO7S2/c1-3-4-5-6-11(2)18-19-16-14-8-7-13(27(20,21)22)9-12(14)10-15(17(16)26-18)28(23,24)25/h3-10H,2H2,1H3,(H,20,21,22)(H,23,24,25)/b4-3-,6-5-. The molecule has 0 saturated carbocycles. The number of hydrogen-bond acceptors (Lipinski definition) is 6. The molecule has 0 unspecified atom stereocenters. The Morgan fingerprint density at radius 2 is 1.82 bits per heavy atom. The van der Waals surface area contributed by atoms with E-state index in [0.717, 1.165) is 18.2 Å². The van der Waals surface area contributed by atoms with Gasteiger partial charge in [0.15, 0.2) is 5.58 Å². The number of benzene rings is 2. The zero-order valence-electron chi connectivity index (χ0n) is 14.5. The summed E-state index contributed by atoms with van der Waals surface area (Å²) in [6.07, 6.45) is 6.85. The molecule has 0 saturated heterocycles. The Morgan fingerprint density at radius 1 is 1.11 bits per heavy atom. The van der Waals surface area contributed by atoms with Crippen LogP contribution in [0.4, 0.5) is 0 Å². The fourth-order valence-electron chi connectivity index (χ4n) is 2.60. The smallest absolute Gasteiger partial charge is 0.298 e. The number of nitrogens with zero attached hydrogens (tertiary/aromatic N) is 1. The first kappa shape index (κ1) is 20.0. The predicted molar refractivity (Wildman–Crippen MR) is 104 cm³/mol. The van der Waals surface area contributed by atoms with E-state index >= 15 is 0 Å². The Bertz CT molecular complexity index is 1380. The van der Waals surface area contributed by atoms with Crippen LogP contribution in [-0.2, 0) is 20.2 Å². The summed E-state index contributed by atoms with van der Waals surface area (Å²) in [4.78, 5) is 3.25. The van der Waals surface area contributed by atoms with E-state index in [2.05, 4.69) is 11.6 Å². The average Bonchev–Trinajstić information content (AvgIpc) is 3.04. The van der Waals surface area contributed by atoms with E-state index in [1.54, 1.807) is 24.3 Å². The number of fused-ring (bicyclic) bond motifs is 3. The van der Waals surface area contributed by atoms with Gasteiger partial charge in [0.05, 0.1) is 4.90 Å². The number of allylic oxidation sites excluding steroid dienone is 5. The van der Waals surface area contributed by atoms with Crippen molar-refractivity contribution in [3.05, 3.63) is 61.0 Å². The van der Waals surface area contributed by atoms with Crippen LogP contribution in [0.1, 0.15) is 12.8 Å². The zero-order chi connectivity index (χ0) is 20.7. The van der Waals surface area contributed by atoms with Crippen molar-refractivity contribution in [2.45, 2.75) is 16.7 Å². The van der Waals surface area contributed by atoms with Crippen LogP contribution in [0.5, 0.6) is 0 Å². The first-order chi connectivity index (χ1) is 13.0. The average molecular weight is 421 g/mol. The minimum absolute atomic E-state index is 0.0343. The highest BCUT2D eigenvalue weighted by Gasteiger charge is 2.23. The van der Waals surface area contributed by atoms with Crippen molar-refractivity contribution in [3.8, 4) is 0 Å². The van der Waals surface area contributed by atoms with Crippen molar-refractivity contribution in [1.82, 2.24) is 4.98 Å². The predicted octanol–water partition coefficient (Wildman–Crippen LogP) is 3.62. The lowest BCUT2D eigenvalue weighted by atomic mass is 10.1. The number of rotatable bonds is 5. The Hall–Kier alpha value is -2.79. The van der Waals surface area contributed by atoms with Gasteiger partial charge in [-0.1, -0.05) is 36.9 Å². The number of aromatic nitrogens is 1. The molecule has 28 heavy (non-hydrogen) atoms. The van der Waals surface area contributed by atoms with Gasteiger partial charge in [-0.2, -0.15) is 16.8 Å². The molecule has 0 fully saturated rings. The molecule has 0 aliphatic heterocycles. The first-order valence-electron chi connectivity index (χ1n) is 7.83. The van der Waals surface area contributed by atoms with E-state index in [4.69, 9.17) is 4.42 Å². The maximum atomic E-state index is 11.8. The molecule has 0 aliphatic rings. The molecule has 1 heterocycles. The van der Waals surface area contributed by atoms with Gasteiger partial charge in [-0.3, -0.25) is 9.11 Å². The molecule has 2 aromatic carbocycles. The van der Waals surface area contributed by atoms with E-state index in [1.807, 2.05) is 6.92 Å². The molecule has 146 valence electrons. The third-order valence-corrected chi connectivity index (χ3v) is 5.58. The van der Waals surface area contributed by atoms with Crippen molar-refractivity contribution in [2.75, 3.05) is 0 Å². The summed E-state index contributed by atoms with van der Waals surface area (Å²) in [6, 6.07) is 4.64. The van der Waals surface area contributed by atoms with Crippen LogP contribution < -0.4 is 0 Å². The van der Waals surface area contributed by atoms with Gasteiger partial charge in [0.25, 0.3) is 20.2 Å². The van der Waals surface area contributed by atoms with Gasteiger partial charge in [-0.25, -0.2) is 4.98 Å². The van der Waals surface area contributed by atoms with Gasteiger partial charge in [0, 0.05) is 11.0 Å². The summed E-state index contributed by atoms with van der Waals surface area (Å²) in [5, 5.41) is 0.500. The Balaban J connectivity index is 2.36. The highest BCUT2D eigenvalue weighted by molar-refractivity contribution is 7.86. The summed E-state index contributed by atoms with van der Waals surface area (Å²) >= 11 is 0. The second-order valence-corrected chi connectivity index (χ2v) is 8.63. The molecular formula is C18H15NO7S2. The summed E-state index contributed by atoms with van der Waals surface area (Å²) in [7, 11) is -9.21. The van der Waals surface area contributed by atoms with Crippen molar-refractivity contribution >= 4 is 47.7 Å². The van der Waals surface area contributed by atoms with Crippen molar-refractivity contribution < 1.29 is 30.4 Å². The molecule has 0 atom stereocenters. The number of hydrogen-bond donors (Lipinski definition) is 2. The topological polar surface area (TPSA) is 135 Å². The highest BCUT2D eigenvalue weighted by atomic mass is 32.2. The lowest BCUT2D eigenvalue weighted by Gasteiger charge is -2.04. The minimum atomic E-state index is -4.71. The van der Waals surface area contributed by atoms with Gasteiger partial charge in [0.2, 0.25) is 5.89 Å². The Labute approximate surface area is 161 Å². The maximum Gasteiger partial charge on any atom is 0.298 e. The van der Waals surface area contributed by atoms with Gasteiger partial charge in [-0.15, -0.1) is 0 Å². The van der Waals surface area contributed by atoms with Crippen LogP contribution in [0, 0.1) is 0 Å². The summed E-state index contributed by atoms with van der Waals surface area (Å²) < 4.78 is 70.7. The molecule has 3 aromatic rings. The molecule has 0 bridgehead atoms. The third-order valence-electron chi connectivity index (χ3n) is 3.87. The first-order valence-corrected chi connectivity index (χ1v) is 10.7. The Kier molecular flexibility index (Phi) is 4.98. The van der Waals surface area contributed by atoms with E-state index in [9.17, 15) is 25.9 Å². The van der Waals surface area contributed by atoms with E-state index in [0.29, 0.717) is 11.0 Å². The molecule has 0 aliphatic carbocycles. The normalized spacial score (nSPS) is 13.2. The second-order valence-electron chi connectivity index (χ2n) is 5.81. The van der Waals surface area contributed by atoms with Crippen molar-refractivity contribution in [2.24, 2.45) is 0 Å². The monoisotopic (exact) mass is 421 g/mol. The maximum absolute atomic E-state index is 11.8. The van der Waals surface area contributed by atoms with Crippen molar-refractivity contribution in [3.63, 3.8) is 0 Å². The molecule has 1 aromatic heterocycles. The van der Waals surface area contributed by atoms with E-state index in [-0.39, 0.29) is 22.4 Å². The fourth-order valence-corrected chi connectivity index (χ4v) is 3.76. The SMILES string of the molecule is C=C(/C=C\C=C/C)c1nc2c(o1)c(S(=O)(=O)O)cc1cc(S(=O)(=O)O)ccc12. The number of oxazole rings is 1. The summed E-state index contributed by atoms with van der Waals surface area (Å²) in [6.45, 7) is 5.64. The quantitative estimate of drug-likeness (QED) is 0.471. The van der Waals surface area contributed by atoms with Crippen LogP contribution >= 0.6 is 0 Å². The molecule has 10 heteroatoms. The van der Waals surface area contributed by atoms with Gasteiger partial charge in [0.1, 0.15) is 10.4 Å². The largest absolute Gasteiger partial charge is 0.435 e. The molecular weight excluding hydrogens is 406 g/mol. The molecule has 2 N–H and O–H groups in total. The third kappa shape index (κ3) is 3.76. The molecule has 8 nitrogen and oxygen atoms in total. The molecule has 0 radical (unpaired) electrons. The van der Waals surface area contributed by atoms with Gasteiger partial charge in [-0.05, 0) is 30.5 Å². The minimum Gasteiger partial charge on any atom is -0.435 e. The van der Waals surface area contributed by atoms with Crippen LogP contribution in [0.3, 0.4) is 0 Å². The van der Waals surface area contributed by atoms with Crippen LogP contribution in [0.25, 0.3) is 27.4 Å². The lowest BCUT2D eigenvalue weighted by molar-refractivity contribution is 0.480. The molecule has 3 rings (SSSR count). The highest BCUT2D eigenvalue weighted by Crippen LogP contribution is 2.34. The fraction of sp³-hybridized carbons (Fsp3) is 0.0556. The van der Waals surface area contributed by atoms with Crippen LogP contribution in [0.2, 0.25) is 0 Å². The Morgan fingerprint density at radius 3 is 2.43 bits per heavy atom. The van der Waals surface area contributed by atoms with E-state index < -0.39 is 30.0 Å². The van der Waals surface area contributed by atoms with Gasteiger partial charge < -0.3 is 4.42 Å². The van der Waals surface area contributed by atoms with Crippen LogP contribution in [0.15, 0.2) is 69.4 Å².